The molecule has 1 saturated heterocycles. The first-order valence-corrected chi connectivity index (χ1v) is 8.26. The van der Waals surface area contributed by atoms with Crippen LogP contribution in [0.1, 0.15) is 25.0 Å². The van der Waals surface area contributed by atoms with E-state index >= 15 is 0 Å². The number of aliphatic hydroxyl groups is 1. The molecule has 2 aromatic rings. The van der Waals surface area contributed by atoms with Crippen molar-refractivity contribution in [3.8, 4) is 0 Å². The predicted molar refractivity (Wildman–Crippen MR) is 89.3 cm³/mol. The number of rotatable bonds is 3. The Balaban J connectivity index is 2.08. The van der Waals surface area contributed by atoms with E-state index in [0.717, 1.165) is 16.9 Å². The fraction of sp³-hybridized carbons (Fsp3) is 0.333. The van der Waals surface area contributed by atoms with E-state index in [4.69, 9.17) is 0 Å². The molecule has 0 amide bonds. The Morgan fingerprint density at radius 2 is 1.48 bits per heavy atom. The van der Waals surface area contributed by atoms with E-state index in [1.807, 2.05) is 72.4 Å². The second kappa shape index (κ2) is 5.48. The first kappa shape index (κ1) is 14.6. The summed E-state index contributed by atoms with van der Waals surface area (Å²) in [5, 5.41) is 15.2. The molecular formula is C18H21NOS. The quantitative estimate of drug-likeness (QED) is 0.911. The molecule has 0 unspecified atom stereocenters. The van der Waals surface area contributed by atoms with Crippen LogP contribution in [0, 0.1) is 0 Å². The molecule has 1 aliphatic heterocycles. The molecule has 0 aliphatic carbocycles. The number of hydrogen-bond donors (Lipinski definition) is 2. The van der Waals surface area contributed by atoms with Crippen LogP contribution in [0.2, 0.25) is 0 Å². The lowest BCUT2D eigenvalue weighted by atomic mass is 9.80. The van der Waals surface area contributed by atoms with E-state index < -0.39 is 5.60 Å². The summed E-state index contributed by atoms with van der Waals surface area (Å²) in [7, 11) is 0. The first-order valence-electron chi connectivity index (χ1n) is 7.27. The maximum absolute atomic E-state index is 11.6. The zero-order valence-corrected chi connectivity index (χ0v) is 13.2. The van der Waals surface area contributed by atoms with Crippen LogP contribution in [0.3, 0.4) is 0 Å². The monoisotopic (exact) mass is 299 g/mol. The molecular weight excluding hydrogens is 278 g/mol. The average Bonchev–Trinajstić information content (AvgIpc) is 2.89. The van der Waals surface area contributed by atoms with Gasteiger partial charge in [0.2, 0.25) is 0 Å². The van der Waals surface area contributed by atoms with E-state index in [2.05, 4.69) is 19.2 Å². The molecule has 2 N–H and O–H groups in total. The van der Waals surface area contributed by atoms with Crippen LogP contribution in [-0.2, 0) is 5.60 Å². The Labute approximate surface area is 130 Å². The summed E-state index contributed by atoms with van der Waals surface area (Å²) in [6.45, 7) is 4.32. The normalized spacial score (nSPS) is 21.4. The summed E-state index contributed by atoms with van der Waals surface area (Å²) < 4.78 is 0. The fourth-order valence-electron chi connectivity index (χ4n) is 2.97. The molecule has 110 valence electrons. The van der Waals surface area contributed by atoms with Gasteiger partial charge in [-0.3, -0.25) is 5.32 Å². The Kier molecular flexibility index (Phi) is 3.82. The third-order valence-corrected chi connectivity index (χ3v) is 5.40. The molecule has 3 heteroatoms. The lowest BCUT2D eigenvalue weighted by molar-refractivity contribution is 0.0445. The summed E-state index contributed by atoms with van der Waals surface area (Å²) in [5.74, 6) is 0.882. The molecule has 1 aliphatic rings. The van der Waals surface area contributed by atoms with Crippen molar-refractivity contribution >= 4 is 11.8 Å². The summed E-state index contributed by atoms with van der Waals surface area (Å²) in [6.07, 6.45) is 0. The van der Waals surface area contributed by atoms with Gasteiger partial charge in [-0.25, -0.2) is 0 Å². The van der Waals surface area contributed by atoms with Crippen molar-refractivity contribution in [2.75, 3.05) is 5.75 Å². The molecule has 0 radical (unpaired) electrons. The molecule has 0 aromatic heterocycles. The number of hydrogen-bond acceptors (Lipinski definition) is 3. The van der Waals surface area contributed by atoms with Crippen molar-refractivity contribution in [3.05, 3.63) is 71.8 Å². The Hall–Kier alpha value is -1.29. The van der Waals surface area contributed by atoms with Crippen LogP contribution in [0.5, 0.6) is 0 Å². The number of benzene rings is 2. The minimum Gasteiger partial charge on any atom is -0.379 e. The summed E-state index contributed by atoms with van der Waals surface area (Å²) >= 11 is 1.85. The van der Waals surface area contributed by atoms with Gasteiger partial charge in [-0.15, -0.1) is 11.8 Å². The van der Waals surface area contributed by atoms with E-state index in [1.165, 1.54) is 0 Å². The van der Waals surface area contributed by atoms with Crippen LogP contribution in [-0.4, -0.2) is 21.8 Å². The second-order valence-corrected chi connectivity index (χ2v) is 7.66. The van der Waals surface area contributed by atoms with Crippen LogP contribution < -0.4 is 5.32 Å². The lowest BCUT2D eigenvalue weighted by Crippen LogP contribution is -2.51. The highest BCUT2D eigenvalue weighted by Crippen LogP contribution is 2.41. The van der Waals surface area contributed by atoms with Crippen molar-refractivity contribution < 1.29 is 5.11 Å². The van der Waals surface area contributed by atoms with Crippen LogP contribution >= 0.6 is 11.8 Å². The molecule has 1 heterocycles. The predicted octanol–water partition coefficient (Wildman–Crippen LogP) is 3.36. The molecule has 0 saturated carbocycles. The molecule has 21 heavy (non-hydrogen) atoms. The third kappa shape index (κ3) is 2.73. The van der Waals surface area contributed by atoms with Crippen molar-refractivity contribution in [3.63, 3.8) is 0 Å². The molecule has 2 nitrogen and oxygen atoms in total. The van der Waals surface area contributed by atoms with Gasteiger partial charge in [0.1, 0.15) is 5.60 Å². The van der Waals surface area contributed by atoms with Gasteiger partial charge in [0.15, 0.2) is 0 Å². The molecule has 1 atom stereocenters. The third-order valence-electron chi connectivity index (χ3n) is 4.06. The van der Waals surface area contributed by atoms with E-state index in [9.17, 15) is 5.11 Å². The van der Waals surface area contributed by atoms with E-state index in [1.54, 1.807) is 0 Å². The van der Waals surface area contributed by atoms with Gasteiger partial charge in [-0.05, 0) is 25.0 Å². The Morgan fingerprint density at radius 3 is 1.86 bits per heavy atom. The first-order chi connectivity index (χ1) is 10.0. The summed E-state index contributed by atoms with van der Waals surface area (Å²) in [4.78, 5) is -0.0117. The van der Waals surface area contributed by atoms with Gasteiger partial charge in [0.05, 0.1) is 10.9 Å². The van der Waals surface area contributed by atoms with Crippen LogP contribution in [0.25, 0.3) is 0 Å². The molecule has 3 rings (SSSR count). The highest BCUT2D eigenvalue weighted by molar-refractivity contribution is 8.00. The lowest BCUT2D eigenvalue weighted by Gasteiger charge is -2.36. The second-order valence-electron chi connectivity index (χ2n) is 6.02. The minimum atomic E-state index is -1.01. The van der Waals surface area contributed by atoms with Crippen molar-refractivity contribution in [1.82, 2.24) is 5.32 Å². The van der Waals surface area contributed by atoms with E-state index in [0.29, 0.717) is 0 Å². The van der Waals surface area contributed by atoms with Crippen molar-refractivity contribution in [2.24, 2.45) is 0 Å². The SMILES string of the molecule is CC1(C)N[C@H](C(O)(c2ccccc2)c2ccccc2)CS1. The van der Waals surface area contributed by atoms with Gasteiger partial charge in [-0.1, -0.05) is 60.7 Å². The zero-order valence-electron chi connectivity index (χ0n) is 12.4. The highest BCUT2D eigenvalue weighted by atomic mass is 32.2. The van der Waals surface area contributed by atoms with Gasteiger partial charge in [0.25, 0.3) is 0 Å². The molecule has 0 bridgehead atoms. The number of thioether (sulfide) groups is 1. The summed E-state index contributed by atoms with van der Waals surface area (Å²) in [5.41, 5.74) is 0.863. The largest absolute Gasteiger partial charge is 0.379 e. The Bertz CT molecular complexity index is 558. The average molecular weight is 299 g/mol. The number of nitrogens with one attached hydrogen (secondary N) is 1. The van der Waals surface area contributed by atoms with Gasteiger partial charge >= 0.3 is 0 Å². The summed E-state index contributed by atoms with van der Waals surface area (Å²) in [6, 6.07) is 19.9. The maximum Gasteiger partial charge on any atom is 0.131 e. The van der Waals surface area contributed by atoms with Gasteiger partial charge < -0.3 is 5.11 Å². The fourth-order valence-corrected chi connectivity index (χ4v) is 4.11. The topological polar surface area (TPSA) is 32.3 Å². The zero-order chi connectivity index (χ0) is 14.9. The minimum absolute atomic E-state index is 0.0117. The van der Waals surface area contributed by atoms with Gasteiger partial charge in [-0.2, -0.15) is 0 Å². The van der Waals surface area contributed by atoms with Crippen molar-refractivity contribution in [1.29, 1.82) is 0 Å². The molecule has 0 spiro atoms. The maximum atomic E-state index is 11.6. The smallest absolute Gasteiger partial charge is 0.131 e. The highest BCUT2D eigenvalue weighted by Gasteiger charge is 2.46. The van der Waals surface area contributed by atoms with Crippen LogP contribution in [0.15, 0.2) is 60.7 Å². The van der Waals surface area contributed by atoms with E-state index in [-0.39, 0.29) is 10.9 Å². The van der Waals surface area contributed by atoms with Crippen LogP contribution in [0.4, 0.5) is 0 Å². The molecule has 2 aromatic carbocycles. The Morgan fingerprint density at radius 1 is 1.00 bits per heavy atom. The standard InChI is InChI=1S/C18H21NOS/c1-17(2)19-16(13-21-17)18(20,14-9-5-3-6-10-14)15-11-7-4-8-12-15/h3-12,16,19-20H,13H2,1-2H3/t16-/m0/s1. The molecule has 1 fully saturated rings. The van der Waals surface area contributed by atoms with Crippen molar-refractivity contribution in [2.45, 2.75) is 30.4 Å². The van der Waals surface area contributed by atoms with Gasteiger partial charge in [0, 0.05) is 5.75 Å².